The Morgan fingerprint density at radius 2 is 1.68 bits per heavy atom. The van der Waals surface area contributed by atoms with E-state index in [1.807, 2.05) is 18.2 Å². The number of sulfone groups is 1. The highest BCUT2D eigenvalue weighted by Crippen LogP contribution is 2.10. The van der Waals surface area contributed by atoms with Gasteiger partial charge in [0.05, 0.1) is 10.6 Å². The Bertz CT molecular complexity index is 802. The summed E-state index contributed by atoms with van der Waals surface area (Å²) in [6, 6.07) is 16.7. The molecule has 0 saturated carbocycles. The van der Waals surface area contributed by atoms with E-state index in [1.165, 1.54) is 11.1 Å². The molecule has 2 N–H and O–H groups in total. The first-order chi connectivity index (χ1) is 12.0. The molecule has 25 heavy (non-hydrogen) atoms. The van der Waals surface area contributed by atoms with Gasteiger partial charge >= 0.3 is 0 Å². The molecule has 0 atom stereocenters. The van der Waals surface area contributed by atoms with E-state index in [1.54, 1.807) is 31.3 Å². The standard InChI is InChI=1S/C19H25N3O2S/c1-16-9-6-7-10-17(16)15-22-19(20-2)21-13-8-14-25(23,24)18-11-4-3-5-12-18/h3-7,9-12H,8,13-15H2,1-2H3,(H2,20,21,22). The fourth-order valence-corrected chi connectivity index (χ4v) is 3.75. The number of rotatable bonds is 7. The van der Waals surface area contributed by atoms with Crippen LogP contribution in [0, 0.1) is 6.92 Å². The zero-order valence-electron chi connectivity index (χ0n) is 14.7. The van der Waals surface area contributed by atoms with Crippen molar-refractivity contribution in [1.29, 1.82) is 0 Å². The van der Waals surface area contributed by atoms with Gasteiger partial charge < -0.3 is 10.6 Å². The van der Waals surface area contributed by atoms with Crippen molar-refractivity contribution in [2.45, 2.75) is 24.8 Å². The molecule has 0 aliphatic heterocycles. The number of hydrogen-bond donors (Lipinski definition) is 2. The molecule has 0 saturated heterocycles. The second kappa shape index (κ2) is 9.22. The van der Waals surface area contributed by atoms with Crippen molar-refractivity contribution in [2.24, 2.45) is 4.99 Å². The summed E-state index contributed by atoms with van der Waals surface area (Å²) in [4.78, 5) is 4.54. The van der Waals surface area contributed by atoms with E-state index in [0.717, 1.165) is 0 Å². The summed E-state index contributed by atoms with van der Waals surface area (Å²) in [7, 11) is -1.52. The normalized spacial score (nSPS) is 12.0. The lowest BCUT2D eigenvalue weighted by atomic mass is 10.1. The monoisotopic (exact) mass is 359 g/mol. The lowest BCUT2D eigenvalue weighted by Crippen LogP contribution is -2.37. The molecule has 0 unspecified atom stereocenters. The first kappa shape index (κ1) is 19.0. The van der Waals surface area contributed by atoms with Gasteiger partial charge in [-0.3, -0.25) is 4.99 Å². The Morgan fingerprint density at radius 1 is 1.00 bits per heavy atom. The molecule has 2 aromatic rings. The summed E-state index contributed by atoms with van der Waals surface area (Å²) in [6.07, 6.45) is 0.516. The van der Waals surface area contributed by atoms with Crippen LogP contribution in [0.2, 0.25) is 0 Å². The van der Waals surface area contributed by atoms with Crippen molar-refractivity contribution in [3.8, 4) is 0 Å². The maximum absolute atomic E-state index is 12.2. The van der Waals surface area contributed by atoms with E-state index in [9.17, 15) is 8.42 Å². The van der Waals surface area contributed by atoms with Gasteiger partial charge in [-0.15, -0.1) is 0 Å². The topological polar surface area (TPSA) is 70.6 Å². The molecule has 0 radical (unpaired) electrons. The molecule has 0 spiro atoms. The highest BCUT2D eigenvalue weighted by atomic mass is 32.2. The van der Waals surface area contributed by atoms with E-state index in [4.69, 9.17) is 0 Å². The zero-order valence-corrected chi connectivity index (χ0v) is 15.5. The number of hydrogen-bond acceptors (Lipinski definition) is 3. The molecule has 0 bridgehead atoms. The minimum absolute atomic E-state index is 0.110. The van der Waals surface area contributed by atoms with Gasteiger partial charge in [-0.05, 0) is 36.6 Å². The summed E-state index contributed by atoms with van der Waals surface area (Å²) < 4.78 is 24.4. The van der Waals surface area contributed by atoms with Crippen LogP contribution in [0.4, 0.5) is 0 Å². The molecule has 0 aromatic heterocycles. The number of aliphatic imine (C=N–C) groups is 1. The fraction of sp³-hybridized carbons (Fsp3) is 0.316. The van der Waals surface area contributed by atoms with Gasteiger partial charge in [0.25, 0.3) is 0 Å². The van der Waals surface area contributed by atoms with Crippen molar-refractivity contribution < 1.29 is 8.42 Å². The molecule has 0 amide bonds. The SMILES string of the molecule is CN=C(NCCCS(=O)(=O)c1ccccc1)NCc1ccccc1C. The van der Waals surface area contributed by atoms with Crippen LogP contribution < -0.4 is 10.6 Å². The van der Waals surface area contributed by atoms with Crippen LogP contribution in [0.1, 0.15) is 17.5 Å². The van der Waals surface area contributed by atoms with E-state index < -0.39 is 9.84 Å². The summed E-state index contributed by atoms with van der Waals surface area (Å²) >= 11 is 0. The second-order valence-corrected chi connectivity index (χ2v) is 7.87. The molecule has 6 heteroatoms. The minimum atomic E-state index is -3.23. The predicted octanol–water partition coefficient (Wildman–Crippen LogP) is 2.52. The lowest BCUT2D eigenvalue weighted by Gasteiger charge is -2.13. The molecule has 0 aliphatic rings. The zero-order chi connectivity index (χ0) is 18.1. The van der Waals surface area contributed by atoms with Crippen molar-refractivity contribution >= 4 is 15.8 Å². The Labute approximate surface area is 150 Å². The lowest BCUT2D eigenvalue weighted by molar-refractivity contribution is 0.592. The molecular weight excluding hydrogens is 334 g/mol. The third-order valence-corrected chi connectivity index (χ3v) is 5.73. The maximum Gasteiger partial charge on any atom is 0.191 e. The Morgan fingerprint density at radius 3 is 2.36 bits per heavy atom. The van der Waals surface area contributed by atoms with Crippen molar-refractivity contribution in [3.05, 3.63) is 65.7 Å². The van der Waals surface area contributed by atoms with Crippen molar-refractivity contribution in [2.75, 3.05) is 19.3 Å². The number of benzene rings is 2. The molecule has 0 heterocycles. The van der Waals surface area contributed by atoms with Gasteiger partial charge in [0.2, 0.25) is 0 Å². The van der Waals surface area contributed by atoms with Gasteiger partial charge in [-0.1, -0.05) is 42.5 Å². The molecular formula is C19H25N3O2S. The molecule has 0 aliphatic carbocycles. The maximum atomic E-state index is 12.2. The molecule has 0 fully saturated rings. The van der Waals surface area contributed by atoms with Crippen LogP contribution in [-0.4, -0.2) is 33.7 Å². The number of nitrogens with zero attached hydrogens (tertiary/aromatic N) is 1. The largest absolute Gasteiger partial charge is 0.356 e. The van der Waals surface area contributed by atoms with Crippen LogP contribution in [0.5, 0.6) is 0 Å². The summed E-state index contributed by atoms with van der Waals surface area (Å²) in [5.74, 6) is 0.777. The fourth-order valence-electron chi connectivity index (χ4n) is 2.42. The van der Waals surface area contributed by atoms with Crippen LogP contribution >= 0.6 is 0 Å². The molecule has 2 aromatic carbocycles. The van der Waals surface area contributed by atoms with Crippen LogP contribution in [-0.2, 0) is 16.4 Å². The van der Waals surface area contributed by atoms with Gasteiger partial charge in [0, 0.05) is 20.1 Å². The highest BCUT2D eigenvalue weighted by Gasteiger charge is 2.13. The minimum Gasteiger partial charge on any atom is -0.356 e. The number of guanidine groups is 1. The van der Waals surface area contributed by atoms with Crippen LogP contribution in [0.25, 0.3) is 0 Å². The Hall–Kier alpha value is -2.34. The van der Waals surface area contributed by atoms with E-state index in [-0.39, 0.29) is 5.75 Å². The summed E-state index contributed by atoms with van der Waals surface area (Å²) in [5.41, 5.74) is 2.43. The van der Waals surface area contributed by atoms with E-state index >= 15 is 0 Å². The van der Waals surface area contributed by atoms with E-state index in [0.29, 0.717) is 30.4 Å². The second-order valence-electron chi connectivity index (χ2n) is 5.76. The first-order valence-corrected chi connectivity index (χ1v) is 9.95. The van der Waals surface area contributed by atoms with Gasteiger partial charge in [-0.2, -0.15) is 0 Å². The van der Waals surface area contributed by atoms with Crippen molar-refractivity contribution in [1.82, 2.24) is 10.6 Å². The average Bonchev–Trinajstić information content (AvgIpc) is 2.63. The van der Waals surface area contributed by atoms with Gasteiger partial charge in [0.1, 0.15) is 0 Å². The predicted molar refractivity (Wildman–Crippen MR) is 102 cm³/mol. The Kier molecular flexibility index (Phi) is 7.01. The smallest absolute Gasteiger partial charge is 0.191 e. The third kappa shape index (κ3) is 5.90. The highest BCUT2D eigenvalue weighted by molar-refractivity contribution is 7.91. The summed E-state index contributed by atoms with van der Waals surface area (Å²) in [5, 5.41) is 6.40. The summed E-state index contributed by atoms with van der Waals surface area (Å²) in [6.45, 7) is 3.29. The number of aryl methyl sites for hydroxylation is 1. The van der Waals surface area contributed by atoms with Crippen molar-refractivity contribution in [3.63, 3.8) is 0 Å². The number of nitrogens with one attached hydrogen (secondary N) is 2. The van der Waals surface area contributed by atoms with Gasteiger partial charge in [0.15, 0.2) is 15.8 Å². The first-order valence-electron chi connectivity index (χ1n) is 8.30. The Balaban J connectivity index is 1.77. The molecule has 5 nitrogen and oxygen atoms in total. The average molecular weight is 359 g/mol. The third-order valence-electron chi connectivity index (χ3n) is 3.92. The van der Waals surface area contributed by atoms with Gasteiger partial charge in [-0.25, -0.2) is 8.42 Å². The van der Waals surface area contributed by atoms with E-state index in [2.05, 4.69) is 34.7 Å². The van der Waals surface area contributed by atoms with Crippen LogP contribution in [0.3, 0.4) is 0 Å². The molecule has 2 rings (SSSR count). The van der Waals surface area contributed by atoms with Crippen LogP contribution in [0.15, 0.2) is 64.5 Å². The molecule has 134 valence electrons. The quantitative estimate of drug-likeness (QED) is 0.453.